The van der Waals surface area contributed by atoms with Crippen molar-refractivity contribution >= 4 is 5.91 Å². The molecule has 0 bridgehead atoms. The van der Waals surface area contributed by atoms with Crippen LogP contribution in [0.4, 0.5) is 13.2 Å². The van der Waals surface area contributed by atoms with Crippen molar-refractivity contribution in [3.63, 3.8) is 0 Å². The van der Waals surface area contributed by atoms with Crippen molar-refractivity contribution in [1.29, 1.82) is 0 Å². The lowest BCUT2D eigenvalue weighted by atomic mass is 10.0. The van der Waals surface area contributed by atoms with E-state index in [0.717, 1.165) is 0 Å². The van der Waals surface area contributed by atoms with Crippen molar-refractivity contribution in [2.75, 3.05) is 19.7 Å². The number of amides is 1. The Labute approximate surface area is 113 Å². The molecule has 5 nitrogen and oxygen atoms in total. The van der Waals surface area contributed by atoms with Crippen LogP contribution in [0.2, 0.25) is 0 Å². The van der Waals surface area contributed by atoms with E-state index in [1.54, 1.807) is 12.1 Å². The number of hydrogen-bond acceptors (Lipinski definition) is 4. The van der Waals surface area contributed by atoms with Gasteiger partial charge in [0.2, 0.25) is 11.8 Å². The smallest absolute Gasteiger partial charge is 0.422 e. The molecule has 1 aliphatic heterocycles. The third-order valence-electron chi connectivity index (χ3n) is 2.83. The normalized spacial score (nSPS) is 15.6. The largest absolute Gasteiger partial charge is 0.468 e. The van der Waals surface area contributed by atoms with Gasteiger partial charge in [-0.25, -0.2) is 4.98 Å². The summed E-state index contributed by atoms with van der Waals surface area (Å²) in [5.41, 5.74) is 0.414. The first-order valence-corrected chi connectivity index (χ1v) is 6.07. The molecule has 0 saturated carbocycles. The van der Waals surface area contributed by atoms with E-state index in [0.29, 0.717) is 18.7 Å². The fourth-order valence-electron chi connectivity index (χ4n) is 1.64. The molecule has 8 heteroatoms. The predicted octanol–water partition coefficient (Wildman–Crippen LogP) is 0.858. The van der Waals surface area contributed by atoms with Crippen LogP contribution in [-0.4, -0.2) is 36.8 Å². The number of aromatic nitrogens is 1. The molecule has 1 saturated heterocycles. The highest BCUT2D eigenvalue weighted by Crippen LogP contribution is 2.20. The van der Waals surface area contributed by atoms with Crippen molar-refractivity contribution in [3.05, 3.63) is 23.9 Å². The van der Waals surface area contributed by atoms with E-state index >= 15 is 0 Å². The molecule has 110 valence electrons. The number of halogens is 3. The Balaban J connectivity index is 1.91. The van der Waals surface area contributed by atoms with Crippen LogP contribution >= 0.6 is 0 Å². The third kappa shape index (κ3) is 4.09. The fraction of sp³-hybridized carbons (Fsp3) is 0.500. The van der Waals surface area contributed by atoms with E-state index in [4.69, 9.17) is 0 Å². The van der Waals surface area contributed by atoms with Crippen LogP contribution < -0.4 is 15.4 Å². The predicted molar refractivity (Wildman–Crippen MR) is 64.0 cm³/mol. The first-order chi connectivity index (χ1) is 9.46. The van der Waals surface area contributed by atoms with Gasteiger partial charge in [-0.3, -0.25) is 4.79 Å². The van der Waals surface area contributed by atoms with Gasteiger partial charge in [-0.15, -0.1) is 0 Å². The Morgan fingerprint density at radius 3 is 2.85 bits per heavy atom. The Morgan fingerprint density at radius 2 is 2.25 bits per heavy atom. The second kappa shape index (κ2) is 6.08. The quantitative estimate of drug-likeness (QED) is 0.844. The number of hydrogen-bond donors (Lipinski definition) is 2. The Bertz CT molecular complexity index is 475. The zero-order valence-electron chi connectivity index (χ0n) is 10.5. The van der Waals surface area contributed by atoms with Gasteiger partial charge in [0.25, 0.3) is 0 Å². The second-order valence-electron chi connectivity index (χ2n) is 4.44. The molecule has 0 spiro atoms. The van der Waals surface area contributed by atoms with Crippen LogP contribution in [0.15, 0.2) is 18.3 Å². The Hall–Kier alpha value is -1.83. The van der Waals surface area contributed by atoms with Crippen molar-refractivity contribution in [2.45, 2.75) is 12.7 Å². The Morgan fingerprint density at radius 1 is 1.50 bits per heavy atom. The summed E-state index contributed by atoms with van der Waals surface area (Å²) in [7, 11) is 0. The molecular formula is C12H14F3N3O2. The molecule has 2 rings (SSSR count). The van der Waals surface area contributed by atoms with Crippen LogP contribution in [-0.2, 0) is 11.3 Å². The van der Waals surface area contributed by atoms with Crippen LogP contribution in [0.3, 0.4) is 0 Å². The lowest BCUT2D eigenvalue weighted by Crippen LogP contribution is -2.50. The molecule has 0 aromatic carbocycles. The number of nitrogens with one attached hydrogen (secondary N) is 2. The molecule has 1 aromatic rings. The molecule has 1 amide bonds. The minimum Gasteiger partial charge on any atom is -0.468 e. The number of alkyl halides is 3. The number of ether oxygens (including phenoxy) is 1. The van der Waals surface area contributed by atoms with E-state index < -0.39 is 12.8 Å². The summed E-state index contributed by atoms with van der Waals surface area (Å²) in [6.45, 7) is -0.0690. The van der Waals surface area contributed by atoms with Gasteiger partial charge in [0.15, 0.2) is 6.61 Å². The highest BCUT2D eigenvalue weighted by Gasteiger charge is 2.29. The molecule has 2 heterocycles. The van der Waals surface area contributed by atoms with Crippen LogP contribution in [0.1, 0.15) is 5.56 Å². The lowest BCUT2D eigenvalue weighted by molar-refractivity contribution is -0.154. The van der Waals surface area contributed by atoms with Crippen molar-refractivity contribution in [2.24, 2.45) is 5.92 Å². The van der Waals surface area contributed by atoms with Crippen LogP contribution in [0.5, 0.6) is 5.88 Å². The van der Waals surface area contributed by atoms with Crippen LogP contribution in [0, 0.1) is 5.92 Å². The molecule has 1 aliphatic rings. The monoisotopic (exact) mass is 289 g/mol. The zero-order chi connectivity index (χ0) is 14.6. The van der Waals surface area contributed by atoms with Crippen molar-refractivity contribution in [3.8, 4) is 5.88 Å². The molecule has 0 atom stereocenters. The zero-order valence-corrected chi connectivity index (χ0v) is 10.5. The minimum absolute atomic E-state index is 0.0776. The summed E-state index contributed by atoms with van der Waals surface area (Å²) in [6.07, 6.45) is -3.08. The van der Waals surface area contributed by atoms with E-state index in [2.05, 4.69) is 20.4 Å². The molecule has 2 N–H and O–H groups in total. The minimum atomic E-state index is -4.42. The number of pyridine rings is 1. The average Bonchev–Trinajstić information content (AvgIpc) is 2.31. The maximum absolute atomic E-state index is 12.1. The van der Waals surface area contributed by atoms with Crippen molar-refractivity contribution < 1.29 is 22.7 Å². The maximum atomic E-state index is 12.1. The van der Waals surface area contributed by atoms with Gasteiger partial charge in [-0.1, -0.05) is 6.07 Å². The van der Waals surface area contributed by atoms with Gasteiger partial charge in [-0.2, -0.15) is 13.2 Å². The molecule has 1 fully saturated rings. The van der Waals surface area contributed by atoms with Gasteiger partial charge in [-0.05, 0) is 6.07 Å². The van der Waals surface area contributed by atoms with E-state index in [1.807, 2.05) is 0 Å². The second-order valence-corrected chi connectivity index (χ2v) is 4.44. The van der Waals surface area contributed by atoms with E-state index in [-0.39, 0.29) is 24.2 Å². The van der Waals surface area contributed by atoms with Gasteiger partial charge in [0.05, 0.1) is 5.92 Å². The first-order valence-electron chi connectivity index (χ1n) is 6.07. The number of carbonyl (C=O) groups excluding carboxylic acids is 1. The summed E-state index contributed by atoms with van der Waals surface area (Å²) >= 11 is 0. The summed E-state index contributed by atoms with van der Waals surface area (Å²) < 4.78 is 41.0. The average molecular weight is 289 g/mol. The summed E-state index contributed by atoms with van der Waals surface area (Å²) in [4.78, 5) is 15.4. The molecular weight excluding hydrogens is 275 g/mol. The van der Waals surface area contributed by atoms with E-state index in [9.17, 15) is 18.0 Å². The summed E-state index contributed by atoms with van der Waals surface area (Å²) in [5.74, 6) is -0.322. The SMILES string of the molecule is O=C(NCc1cccnc1OCC(F)(F)F)C1CNC1. The fourth-order valence-corrected chi connectivity index (χ4v) is 1.64. The summed E-state index contributed by atoms with van der Waals surface area (Å²) in [5, 5.41) is 5.62. The molecule has 0 aliphatic carbocycles. The van der Waals surface area contributed by atoms with Gasteiger partial charge < -0.3 is 15.4 Å². The maximum Gasteiger partial charge on any atom is 0.422 e. The molecule has 1 aromatic heterocycles. The molecule has 0 unspecified atom stereocenters. The number of carbonyl (C=O) groups is 1. The highest BCUT2D eigenvalue weighted by atomic mass is 19.4. The van der Waals surface area contributed by atoms with Gasteiger partial charge in [0, 0.05) is 31.4 Å². The standard InChI is InChI=1S/C12H14F3N3O2/c13-12(14,15)7-20-11-8(2-1-3-17-11)6-18-10(19)9-4-16-5-9/h1-3,9,16H,4-7H2,(H,18,19). The van der Waals surface area contributed by atoms with Crippen LogP contribution in [0.25, 0.3) is 0 Å². The number of rotatable bonds is 5. The highest BCUT2D eigenvalue weighted by molar-refractivity contribution is 5.80. The van der Waals surface area contributed by atoms with Crippen molar-refractivity contribution in [1.82, 2.24) is 15.6 Å². The molecule has 20 heavy (non-hydrogen) atoms. The topological polar surface area (TPSA) is 63.2 Å². The molecule has 0 radical (unpaired) electrons. The van der Waals surface area contributed by atoms with Gasteiger partial charge in [0.1, 0.15) is 0 Å². The van der Waals surface area contributed by atoms with E-state index in [1.165, 1.54) is 6.20 Å². The summed E-state index contributed by atoms with van der Waals surface area (Å²) in [6, 6.07) is 3.14. The first kappa shape index (κ1) is 14.6. The third-order valence-corrected chi connectivity index (χ3v) is 2.83. The number of nitrogens with zero attached hydrogens (tertiary/aromatic N) is 1. The van der Waals surface area contributed by atoms with Gasteiger partial charge >= 0.3 is 6.18 Å². The Kier molecular flexibility index (Phi) is 4.43. The lowest BCUT2D eigenvalue weighted by Gasteiger charge is -2.25.